The molecule has 0 aromatic heterocycles. The summed E-state index contributed by atoms with van der Waals surface area (Å²) in [7, 11) is 1.62. The largest absolute Gasteiger partial charge is 0.497 e. The highest BCUT2D eigenvalue weighted by Gasteiger charge is 2.22. The van der Waals surface area contributed by atoms with Gasteiger partial charge in [0, 0.05) is 23.5 Å². The highest BCUT2D eigenvalue weighted by molar-refractivity contribution is 8.04. The molecule has 1 fully saturated rings. The van der Waals surface area contributed by atoms with Crippen molar-refractivity contribution in [3.05, 3.63) is 58.5 Å². The van der Waals surface area contributed by atoms with Gasteiger partial charge in [0.05, 0.1) is 17.7 Å². The molecule has 2 N–H and O–H groups in total. The van der Waals surface area contributed by atoms with Gasteiger partial charge in [-0.05, 0) is 67.9 Å². The lowest BCUT2D eigenvalue weighted by molar-refractivity contribution is -0.112. The van der Waals surface area contributed by atoms with Crippen molar-refractivity contribution in [1.82, 2.24) is 10.2 Å². The van der Waals surface area contributed by atoms with Gasteiger partial charge in [-0.1, -0.05) is 36.7 Å². The van der Waals surface area contributed by atoms with E-state index in [1.807, 2.05) is 42.5 Å². The number of nitrogens with one attached hydrogen (secondary N) is 2. The fourth-order valence-electron chi connectivity index (χ4n) is 3.94. The van der Waals surface area contributed by atoms with E-state index in [1.54, 1.807) is 13.2 Å². The summed E-state index contributed by atoms with van der Waals surface area (Å²) in [4.78, 5) is 29.2. The molecule has 0 spiro atoms. The van der Waals surface area contributed by atoms with E-state index in [-0.39, 0.29) is 11.8 Å². The maximum atomic E-state index is 12.6. The smallest absolute Gasteiger partial charge is 0.262 e. The molecule has 0 unspecified atom stereocenters. The number of methoxy groups -OCH3 is 1. The van der Waals surface area contributed by atoms with Crippen molar-refractivity contribution in [2.75, 3.05) is 38.6 Å². The van der Waals surface area contributed by atoms with E-state index in [1.165, 1.54) is 37.4 Å². The van der Waals surface area contributed by atoms with E-state index in [4.69, 9.17) is 4.74 Å². The van der Waals surface area contributed by atoms with E-state index in [9.17, 15) is 9.59 Å². The van der Waals surface area contributed by atoms with Gasteiger partial charge in [-0.2, -0.15) is 0 Å². The SMILES string of the molecule is COc1ccc(/C=C2\Sc3ccc(C(=O)NCCN4CCCCCC4)cc3NC2=O)cc1. The first-order valence-corrected chi connectivity index (χ1v) is 11.9. The fraction of sp³-hybridized carbons (Fsp3) is 0.360. The third-order valence-corrected chi connectivity index (χ3v) is 6.86. The first-order valence-electron chi connectivity index (χ1n) is 11.1. The topological polar surface area (TPSA) is 70.7 Å². The molecule has 0 saturated carbocycles. The Labute approximate surface area is 193 Å². The highest BCUT2D eigenvalue weighted by atomic mass is 32.2. The quantitative estimate of drug-likeness (QED) is 0.638. The first-order chi connectivity index (χ1) is 15.6. The van der Waals surface area contributed by atoms with Crippen molar-refractivity contribution < 1.29 is 14.3 Å². The molecule has 0 bridgehead atoms. The molecular weight excluding hydrogens is 422 g/mol. The van der Waals surface area contributed by atoms with Crippen LogP contribution in [0.3, 0.4) is 0 Å². The van der Waals surface area contributed by atoms with Crippen LogP contribution in [0.15, 0.2) is 52.3 Å². The Morgan fingerprint density at radius 2 is 1.88 bits per heavy atom. The molecule has 2 amide bonds. The van der Waals surface area contributed by atoms with E-state index >= 15 is 0 Å². The highest BCUT2D eigenvalue weighted by Crippen LogP contribution is 2.39. The number of likely N-dealkylation sites (tertiary alicyclic amines) is 1. The molecule has 2 aliphatic rings. The van der Waals surface area contributed by atoms with Crippen LogP contribution in [0.5, 0.6) is 5.75 Å². The number of nitrogens with zero attached hydrogens (tertiary/aromatic N) is 1. The number of amides is 2. The average Bonchev–Trinajstić information content (AvgIpc) is 3.08. The van der Waals surface area contributed by atoms with Crippen molar-refractivity contribution in [2.24, 2.45) is 0 Å². The molecule has 1 saturated heterocycles. The summed E-state index contributed by atoms with van der Waals surface area (Å²) in [6.45, 7) is 3.74. The van der Waals surface area contributed by atoms with Crippen LogP contribution in [-0.2, 0) is 4.79 Å². The number of carbonyl (C=O) groups excluding carboxylic acids is 2. The second-order valence-corrected chi connectivity index (χ2v) is 9.14. The molecular formula is C25H29N3O3S. The predicted molar refractivity (Wildman–Crippen MR) is 129 cm³/mol. The van der Waals surface area contributed by atoms with Crippen LogP contribution < -0.4 is 15.4 Å². The zero-order valence-electron chi connectivity index (χ0n) is 18.4. The van der Waals surface area contributed by atoms with Crippen molar-refractivity contribution in [1.29, 1.82) is 0 Å². The van der Waals surface area contributed by atoms with Gasteiger partial charge >= 0.3 is 0 Å². The van der Waals surface area contributed by atoms with E-state index in [0.717, 1.165) is 35.8 Å². The summed E-state index contributed by atoms with van der Waals surface area (Å²) in [5, 5.41) is 5.94. The minimum atomic E-state index is -0.169. The van der Waals surface area contributed by atoms with E-state index in [2.05, 4.69) is 15.5 Å². The van der Waals surface area contributed by atoms with Gasteiger partial charge in [0.1, 0.15) is 5.75 Å². The molecule has 2 aromatic carbocycles. The predicted octanol–water partition coefficient (Wildman–Crippen LogP) is 4.39. The van der Waals surface area contributed by atoms with E-state index < -0.39 is 0 Å². The second kappa shape index (κ2) is 10.7. The number of benzene rings is 2. The molecule has 4 rings (SSSR count). The standard InChI is InChI=1S/C25H29N3O3S/c1-31-20-9-6-18(7-10-20)16-23-25(30)27-21-17-19(8-11-22(21)32-23)24(29)26-12-15-28-13-4-2-3-5-14-28/h6-11,16-17H,2-5,12-15H2,1H3,(H,26,29)(H,27,30)/b23-16-. The van der Waals surface area contributed by atoms with Crippen molar-refractivity contribution in [2.45, 2.75) is 30.6 Å². The van der Waals surface area contributed by atoms with Crippen LogP contribution in [0.4, 0.5) is 5.69 Å². The van der Waals surface area contributed by atoms with Gasteiger partial charge in [-0.25, -0.2) is 0 Å². The van der Waals surface area contributed by atoms with Crippen LogP contribution in [-0.4, -0.2) is 50.0 Å². The number of fused-ring (bicyclic) bond motifs is 1. The van der Waals surface area contributed by atoms with Crippen molar-refractivity contribution in [3.8, 4) is 5.75 Å². The van der Waals surface area contributed by atoms with Crippen LogP contribution in [0.25, 0.3) is 6.08 Å². The summed E-state index contributed by atoms with van der Waals surface area (Å²) in [6.07, 6.45) is 6.94. The Morgan fingerprint density at radius 1 is 1.12 bits per heavy atom. The van der Waals surface area contributed by atoms with Gasteiger partial charge in [0.2, 0.25) is 0 Å². The summed E-state index contributed by atoms with van der Waals surface area (Å²) in [5.74, 6) is 0.494. The van der Waals surface area contributed by atoms with Gasteiger partial charge in [-0.15, -0.1) is 0 Å². The fourth-order valence-corrected chi connectivity index (χ4v) is 4.87. The van der Waals surface area contributed by atoms with E-state index in [0.29, 0.717) is 22.7 Å². The zero-order valence-corrected chi connectivity index (χ0v) is 19.2. The number of carbonyl (C=O) groups is 2. The third-order valence-electron chi connectivity index (χ3n) is 5.76. The number of anilines is 1. The number of hydrogen-bond donors (Lipinski definition) is 2. The van der Waals surface area contributed by atoms with Crippen LogP contribution in [0, 0.1) is 0 Å². The second-order valence-electron chi connectivity index (χ2n) is 8.06. The molecule has 2 aromatic rings. The molecule has 0 aliphatic carbocycles. The molecule has 0 radical (unpaired) electrons. The lowest BCUT2D eigenvalue weighted by Gasteiger charge is -2.21. The van der Waals surface area contributed by atoms with Gasteiger partial charge < -0.3 is 20.3 Å². The summed E-state index contributed by atoms with van der Waals surface area (Å²) in [6, 6.07) is 13.0. The molecule has 168 valence electrons. The van der Waals surface area contributed by atoms with Crippen molar-refractivity contribution in [3.63, 3.8) is 0 Å². The molecule has 0 atom stereocenters. The summed E-state index contributed by atoms with van der Waals surface area (Å²) >= 11 is 1.41. The Bertz CT molecular complexity index is 996. The molecule has 2 aliphatic heterocycles. The Kier molecular flexibility index (Phi) is 7.50. The molecule has 2 heterocycles. The van der Waals surface area contributed by atoms with Gasteiger partial charge in [0.25, 0.3) is 11.8 Å². The number of thioether (sulfide) groups is 1. The van der Waals surface area contributed by atoms with Gasteiger partial charge in [-0.3, -0.25) is 9.59 Å². The minimum Gasteiger partial charge on any atom is -0.497 e. The average molecular weight is 452 g/mol. The third kappa shape index (κ3) is 5.72. The Hall–Kier alpha value is -2.77. The van der Waals surface area contributed by atoms with Crippen LogP contribution >= 0.6 is 11.8 Å². The first kappa shape index (κ1) is 22.4. The maximum Gasteiger partial charge on any atom is 0.262 e. The monoisotopic (exact) mass is 451 g/mol. The summed E-state index contributed by atoms with van der Waals surface area (Å²) in [5.41, 5.74) is 2.16. The molecule has 6 nitrogen and oxygen atoms in total. The molecule has 32 heavy (non-hydrogen) atoms. The van der Waals surface area contributed by atoms with Crippen LogP contribution in [0.2, 0.25) is 0 Å². The summed E-state index contributed by atoms with van der Waals surface area (Å²) < 4.78 is 5.18. The zero-order chi connectivity index (χ0) is 22.3. The number of hydrogen-bond acceptors (Lipinski definition) is 5. The lowest BCUT2D eigenvalue weighted by atomic mass is 10.1. The Morgan fingerprint density at radius 3 is 2.59 bits per heavy atom. The maximum absolute atomic E-state index is 12.6. The van der Waals surface area contributed by atoms with Crippen molar-refractivity contribution >= 4 is 35.3 Å². The minimum absolute atomic E-state index is 0.110. The molecule has 7 heteroatoms. The normalized spacial score (nSPS) is 17.9. The Balaban J connectivity index is 1.37. The number of ether oxygens (including phenoxy) is 1. The number of rotatable bonds is 6. The van der Waals surface area contributed by atoms with Gasteiger partial charge in [0.15, 0.2) is 0 Å². The van der Waals surface area contributed by atoms with Crippen LogP contribution in [0.1, 0.15) is 41.6 Å². The lowest BCUT2D eigenvalue weighted by Crippen LogP contribution is -2.35.